The Morgan fingerprint density at radius 3 is 2.61 bits per heavy atom. The molecule has 6 heteroatoms. The summed E-state index contributed by atoms with van der Waals surface area (Å²) in [6.07, 6.45) is 0.362. The van der Waals surface area contributed by atoms with Crippen LogP contribution in [-0.4, -0.2) is 62.6 Å². The molecule has 0 radical (unpaired) electrons. The van der Waals surface area contributed by atoms with E-state index >= 15 is 0 Å². The zero-order chi connectivity index (χ0) is 16.4. The molecule has 1 aromatic carbocycles. The maximum absolute atomic E-state index is 12.3. The van der Waals surface area contributed by atoms with Gasteiger partial charge in [0, 0.05) is 18.3 Å². The molecule has 1 atom stereocenters. The van der Waals surface area contributed by atoms with Crippen molar-refractivity contribution < 1.29 is 19.2 Å². The molecule has 3 rings (SSSR count). The van der Waals surface area contributed by atoms with E-state index in [1.54, 1.807) is 7.11 Å². The summed E-state index contributed by atoms with van der Waals surface area (Å²) in [6.45, 7) is 5.85. The highest BCUT2D eigenvalue weighted by molar-refractivity contribution is 6.04. The number of nitrogens with one attached hydrogen (secondary N) is 1. The number of methoxy groups -OCH3 is 1. The molecule has 2 fully saturated rings. The normalized spacial score (nSPS) is 22.8. The van der Waals surface area contributed by atoms with E-state index in [1.165, 1.54) is 9.80 Å². The zero-order valence-electron chi connectivity index (χ0n) is 13.7. The van der Waals surface area contributed by atoms with Crippen LogP contribution in [0.4, 0.5) is 5.69 Å². The molecule has 0 bridgehead atoms. The highest BCUT2D eigenvalue weighted by Gasteiger charge is 2.44. The molecule has 0 aromatic heterocycles. The quantitative estimate of drug-likeness (QED) is 0.764. The summed E-state index contributed by atoms with van der Waals surface area (Å²) in [5.41, 5.74) is 1.15. The van der Waals surface area contributed by atoms with E-state index in [-0.39, 0.29) is 17.9 Å². The Morgan fingerprint density at radius 1 is 1.26 bits per heavy atom. The van der Waals surface area contributed by atoms with Crippen LogP contribution in [0.5, 0.6) is 5.75 Å². The van der Waals surface area contributed by atoms with Crippen LogP contribution in [-0.2, 0) is 9.59 Å². The molecule has 2 aliphatic heterocycles. The lowest BCUT2D eigenvalue weighted by Crippen LogP contribution is -3.19. The van der Waals surface area contributed by atoms with Crippen molar-refractivity contribution in [1.82, 2.24) is 4.90 Å². The molecule has 0 aliphatic carbocycles. The molecule has 6 nitrogen and oxygen atoms in total. The summed E-state index contributed by atoms with van der Waals surface area (Å²) in [6, 6.07) is 7.86. The second-order valence-electron chi connectivity index (χ2n) is 6.08. The van der Waals surface area contributed by atoms with Gasteiger partial charge in [0.1, 0.15) is 5.75 Å². The monoisotopic (exact) mass is 318 g/mol. The number of quaternary nitrogens is 1. The van der Waals surface area contributed by atoms with Crippen LogP contribution in [0.1, 0.15) is 13.3 Å². The number of hydrogen-bond acceptors (Lipinski definition) is 4. The smallest absolute Gasteiger partial charge is 0.288 e. The summed E-state index contributed by atoms with van der Waals surface area (Å²) in [5.74, 6) is 0.833. The molecule has 2 heterocycles. The summed E-state index contributed by atoms with van der Waals surface area (Å²) in [5, 5.41) is 0. The highest BCUT2D eigenvalue weighted by Crippen LogP contribution is 2.21. The molecule has 1 aromatic rings. The van der Waals surface area contributed by atoms with Gasteiger partial charge in [-0.25, -0.2) is 0 Å². The van der Waals surface area contributed by atoms with E-state index in [0.717, 1.165) is 37.6 Å². The van der Waals surface area contributed by atoms with Crippen LogP contribution in [0, 0.1) is 0 Å². The minimum atomic E-state index is -0.185. The summed E-state index contributed by atoms with van der Waals surface area (Å²) >= 11 is 0. The van der Waals surface area contributed by atoms with Crippen molar-refractivity contribution in [2.45, 2.75) is 19.4 Å². The van der Waals surface area contributed by atoms with Crippen molar-refractivity contribution in [2.75, 3.05) is 44.7 Å². The largest absolute Gasteiger partial charge is 0.497 e. The first-order chi connectivity index (χ1) is 11.1. The third-order valence-electron chi connectivity index (χ3n) is 4.88. The standard InChI is InChI=1S/C17H23N3O3/c1-3-20-16(21)12-15(17(20)22)19-9-7-18(8-10-19)13-5-4-6-14(11-13)23-2/h4-6,11,15H,3,7-10,12H2,1-2H3/p+1. The Labute approximate surface area is 136 Å². The van der Waals surface area contributed by atoms with E-state index < -0.39 is 0 Å². The van der Waals surface area contributed by atoms with Gasteiger partial charge < -0.3 is 14.5 Å². The Balaban J connectivity index is 1.62. The number of anilines is 1. The summed E-state index contributed by atoms with van der Waals surface area (Å²) in [4.78, 5) is 29.2. The second-order valence-corrected chi connectivity index (χ2v) is 6.08. The van der Waals surface area contributed by atoms with E-state index in [1.807, 2.05) is 25.1 Å². The highest BCUT2D eigenvalue weighted by atomic mass is 16.5. The number of amides is 2. The number of likely N-dealkylation sites (N-methyl/N-ethyl adjacent to an activating group) is 1. The van der Waals surface area contributed by atoms with E-state index in [4.69, 9.17) is 4.74 Å². The number of imide groups is 1. The topological polar surface area (TPSA) is 54.3 Å². The van der Waals surface area contributed by atoms with Crippen LogP contribution >= 0.6 is 0 Å². The van der Waals surface area contributed by atoms with Crippen molar-refractivity contribution in [1.29, 1.82) is 0 Å². The van der Waals surface area contributed by atoms with Gasteiger partial charge in [-0.3, -0.25) is 14.5 Å². The Bertz CT molecular complexity index is 597. The molecule has 124 valence electrons. The average molecular weight is 318 g/mol. The lowest BCUT2D eigenvalue weighted by atomic mass is 10.1. The van der Waals surface area contributed by atoms with E-state index in [2.05, 4.69) is 11.0 Å². The number of nitrogens with zero attached hydrogens (tertiary/aromatic N) is 2. The minimum Gasteiger partial charge on any atom is -0.497 e. The fraction of sp³-hybridized carbons (Fsp3) is 0.529. The molecule has 2 saturated heterocycles. The first-order valence-corrected chi connectivity index (χ1v) is 8.21. The molecule has 0 saturated carbocycles. The molecule has 2 aliphatic rings. The van der Waals surface area contributed by atoms with Crippen molar-refractivity contribution in [3.63, 3.8) is 0 Å². The number of carbonyl (C=O) groups excluding carboxylic acids is 2. The lowest BCUT2D eigenvalue weighted by molar-refractivity contribution is -0.915. The Morgan fingerprint density at radius 2 is 2.00 bits per heavy atom. The van der Waals surface area contributed by atoms with Gasteiger partial charge in [0.15, 0.2) is 6.04 Å². The first kappa shape index (κ1) is 15.8. The zero-order valence-corrected chi connectivity index (χ0v) is 13.7. The van der Waals surface area contributed by atoms with Gasteiger partial charge in [0.25, 0.3) is 5.91 Å². The molecular weight excluding hydrogens is 294 g/mol. The maximum atomic E-state index is 12.3. The number of hydrogen-bond donors (Lipinski definition) is 1. The van der Waals surface area contributed by atoms with Crippen molar-refractivity contribution in [3.05, 3.63) is 24.3 Å². The summed E-state index contributed by atoms with van der Waals surface area (Å²) in [7, 11) is 1.67. The number of likely N-dealkylation sites (tertiary alicyclic amines) is 1. The average Bonchev–Trinajstić information content (AvgIpc) is 2.89. The van der Waals surface area contributed by atoms with Gasteiger partial charge in [-0.15, -0.1) is 0 Å². The maximum Gasteiger partial charge on any atom is 0.288 e. The molecule has 1 N–H and O–H groups in total. The van der Waals surface area contributed by atoms with Gasteiger partial charge >= 0.3 is 0 Å². The number of piperazine rings is 1. The van der Waals surface area contributed by atoms with Crippen LogP contribution < -0.4 is 14.5 Å². The number of ether oxygens (including phenoxy) is 1. The summed E-state index contributed by atoms with van der Waals surface area (Å²) < 4.78 is 5.28. The van der Waals surface area contributed by atoms with E-state index in [0.29, 0.717) is 13.0 Å². The second kappa shape index (κ2) is 6.58. The predicted octanol–water partition coefficient (Wildman–Crippen LogP) is -0.452. The number of rotatable bonds is 4. The van der Waals surface area contributed by atoms with Crippen molar-refractivity contribution in [3.8, 4) is 5.75 Å². The van der Waals surface area contributed by atoms with Gasteiger partial charge in [-0.05, 0) is 19.1 Å². The fourth-order valence-electron chi connectivity index (χ4n) is 3.54. The van der Waals surface area contributed by atoms with Gasteiger partial charge in [0.05, 0.1) is 39.7 Å². The van der Waals surface area contributed by atoms with Crippen molar-refractivity contribution in [2.24, 2.45) is 0 Å². The Kier molecular flexibility index (Phi) is 4.52. The Hall–Kier alpha value is -2.08. The molecular formula is C17H24N3O3+. The van der Waals surface area contributed by atoms with Crippen LogP contribution in [0.15, 0.2) is 24.3 Å². The van der Waals surface area contributed by atoms with Gasteiger partial charge in [0.2, 0.25) is 5.91 Å². The third-order valence-corrected chi connectivity index (χ3v) is 4.88. The molecule has 1 unspecified atom stereocenters. The first-order valence-electron chi connectivity index (χ1n) is 8.21. The SMILES string of the molecule is CCN1C(=O)CC([NH+]2CCN(c3cccc(OC)c3)CC2)C1=O. The number of benzene rings is 1. The van der Waals surface area contributed by atoms with Gasteiger partial charge in [-0.1, -0.05) is 6.07 Å². The molecule has 23 heavy (non-hydrogen) atoms. The minimum absolute atomic E-state index is 0.00216. The van der Waals surface area contributed by atoms with Crippen molar-refractivity contribution >= 4 is 17.5 Å². The van der Waals surface area contributed by atoms with Gasteiger partial charge in [-0.2, -0.15) is 0 Å². The predicted molar refractivity (Wildman–Crippen MR) is 86.7 cm³/mol. The lowest BCUT2D eigenvalue weighted by Gasteiger charge is -2.35. The third kappa shape index (κ3) is 3.03. The molecule has 2 amide bonds. The molecule has 0 spiro atoms. The number of carbonyl (C=O) groups is 2. The fourth-order valence-corrected chi connectivity index (χ4v) is 3.54. The van der Waals surface area contributed by atoms with Crippen LogP contribution in [0.25, 0.3) is 0 Å². The van der Waals surface area contributed by atoms with Crippen LogP contribution in [0.3, 0.4) is 0 Å². The van der Waals surface area contributed by atoms with Crippen LogP contribution in [0.2, 0.25) is 0 Å². The van der Waals surface area contributed by atoms with E-state index in [9.17, 15) is 9.59 Å².